The molecule has 11 heteroatoms. The molecule has 0 N–H and O–H groups in total. The third-order valence-electron chi connectivity index (χ3n) is 4.05. The van der Waals surface area contributed by atoms with E-state index < -0.39 is 54.2 Å². The van der Waals surface area contributed by atoms with Crippen molar-refractivity contribution in [2.45, 2.75) is 76.6 Å². The predicted molar refractivity (Wildman–Crippen MR) is 132 cm³/mol. The summed E-state index contributed by atoms with van der Waals surface area (Å²) < 4.78 is 24.0. The second-order valence-corrected chi connectivity index (χ2v) is 30.0. The van der Waals surface area contributed by atoms with Gasteiger partial charge >= 0.3 is 5.97 Å². The van der Waals surface area contributed by atoms with Crippen LogP contribution in [-0.4, -0.2) is 66.8 Å². The maximum absolute atomic E-state index is 11.3. The number of esters is 1. The highest BCUT2D eigenvalue weighted by molar-refractivity contribution is 6.86. The quantitative estimate of drug-likeness (QED) is 0.155. The first kappa shape index (κ1) is 27.4. The lowest BCUT2D eigenvalue weighted by molar-refractivity contribution is -0.138. The molecule has 27 heavy (non-hydrogen) atoms. The van der Waals surface area contributed by atoms with Crippen LogP contribution in [0.25, 0.3) is 0 Å². The number of carbonyl (C=O) groups is 1. The summed E-state index contributed by atoms with van der Waals surface area (Å²) in [5, 5.41) is 0. The van der Waals surface area contributed by atoms with E-state index >= 15 is 0 Å². The molecular formula is C16H42O5Si6. The Hall–Kier alpha value is 0.391. The Bertz CT molecular complexity index is 465. The monoisotopic (exact) mass is 482 g/mol. The van der Waals surface area contributed by atoms with E-state index in [0.717, 1.165) is 12.5 Å². The molecule has 0 aromatic heterocycles. The molecule has 0 bridgehead atoms. The molecule has 0 radical (unpaired) electrons. The van der Waals surface area contributed by atoms with Gasteiger partial charge in [0.2, 0.25) is 0 Å². The number of carbonyl (C=O) groups excluding carboxylic acids is 1. The van der Waals surface area contributed by atoms with Crippen molar-refractivity contribution in [1.29, 1.82) is 0 Å². The van der Waals surface area contributed by atoms with Gasteiger partial charge in [0.1, 0.15) is 29.3 Å². The summed E-state index contributed by atoms with van der Waals surface area (Å²) in [6.45, 7) is 21.9. The Kier molecular flexibility index (Phi) is 13.0. The molecule has 0 aliphatic carbocycles. The van der Waals surface area contributed by atoms with Crippen LogP contribution in [0.5, 0.6) is 0 Å². The topological polar surface area (TPSA) is 54.0 Å². The lowest BCUT2D eigenvalue weighted by Gasteiger charge is -2.28. The maximum Gasteiger partial charge on any atom is 0.333 e. The van der Waals surface area contributed by atoms with Crippen molar-refractivity contribution >= 4 is 60.2 Å². The smallest absolute Gasteiger partial charge is 0.333 e. The summed E-state index contributed by atoms with van der Waals surface area (Å²) >= 11 is 0. The van der Waals surface area contributed by atoms with Crippen molar-refractivity contribution in [3.05, 3.63) is 12.2 Å². The molecule has 0 fully saturated rings. The highest BCUT2D eigenvalue weighted by atomic mass is 28.4. The number of ether oxygens (including phenoxy) is 1. The molecule has 0 aromatic rings. The zero-order chi connectivity index (χ0) is 21.1. The summed E-state index contributed by atoms with van der Waals surface area (Å²) in [5.74, 6) is -0.291. The molecule has 160 valence electrons. The molecule has 0 amide bonds. The zero-order valence-corrected chi connectivity index (χ0v) is 26.1. The lowest BCUT2D eigenvalue weighted by atomic mass is 10.4. The van der Waals surface area contributed by atoms with Gasteiger partial charge < -0.3 is 17.1 Å². The van der Waals surface area contributed by atoms with Crippen molar-refractivity contribution < 1.29 is 21.9 Å². The molecule has 0 rings (SSSR count). The number of rotatable bonds is 15. The van der Waals surface area contributed by atoms with Gasteiger partial charge in [-0.2, -0.15) is 0 Å². The highest BCUT2D eigenvalue weighted by Gasteiger charge is 2.27. The van der Waals surface area contributed by atoms with Crippen LogP contribution in [-0.2, 0) is 21.9 Å². The van der Waals surface area contributed by atoms with E-state index in [1.165, 1.54) is 11.3 Å². The standard InChI is InChI=1S/C16H42O5Si6/c1-15(2)16(17)18-11-10-12-22-20-26(6,7)14-24-21-27(8,9)13-23-19-25(3,4)5/h1,10-14,22-24H2,2-9H3. The van der Waals surface area contributed by atoms with Crippen molar-refractivity contribution in [2.75, 3.05) is 6.61 Å². The van der Waals surface area contributed by atoms with E-state index in [1.54, 1.807) is 6.92 Å². The second kappa shape index (κ2) is 12.8. The van der Waals surface area contributed by atoms with E-state index in [9.17, 15) is 4.79 Å². The average Bonchev–Trinajstić information content (AvgIpc) is 2.48. The SMILES string of the molecule is C=C(C)C(=O)OCCC[SiH2]O[Si](C)(C)C[SiH2]O[Si](C)(C)C[SiH2]O[Si](C)(C)C. The Morgan fingerprint density at radius 2 is 1.33 bits per heavy atom. The first-order chi connectivity index (χ1) is 12.2. The van der Waals surface area contributed by atoms with Crippen molar-refractivity contribution in [2.24, 2.45) is 0 Å². The van der Waals surface area contributed by atoms with Crippen LogP contribution in [0.4, 0.5) is 0 Å². The fourth-order valence-corrected chi connectivity index (χ4v) is 20.4. The van der Waals surface area contributed by atoms with Crippen LogP contribution in [0.3, 0.4) is 0 Å². The minimum Gasteiger partial charge on any atom is -0.462 e. The van der Waals surface area contributed by atoms with E-state index in [1.807, 2.05) is 0 Å². The van der Waals surface area contributed by atoms with Crippen molar-refractivity contribution in [1.82, 2.24) is 0 Å². The van der Waals surface area contributed by atoms with Gasteiger partial charge in [0.15, 0.2) is 25.0 Å². The second-order valence-electron chi connectivity index (χ2n) is 9.30. The molecule has 5 nitrogen and oxygen atoms in total. The third-order valence-corrected chi connectivity index (χ3v) is 28.3. The van der Waals surface area contributed by atoms with E-state index in [-0.39, 0.29) is 5.97 Å². The van der Waals surface area contributed by atoms with Crippen molar-refractivity contribution in [3.63, 3.8) is 0 Å². The summed E-state index contributed by atoms with van der Waals surface area (Å²) in [6.07, 6.45) is 0.894. The largest absolute Gasteiger partial charge is 0.462 e. The first-order valence-electron chi connectivity index (χ1n) is 9.99. The van der Waals surface area contributed by atoms with Gasteiger partial charge in [-0.05, 0) is 76.6 Å². The number of hydrogen-bond donors (Lipinski definition) is 0. The van der Waals surface area contributed by atoms with Gasteiger partial charge in [-0.1, -0.05) is 6.58 Å². The van der Waals surface area contributed by atoms with Crippen LogP contribution in [0, 0.1) is 0 Å². The Morgan fingerprint density at radius 3 is 1.81 bits per heavy atom. The first-order valence-corrected chi connectivity index (χ1v) is 24.4. The van der Waals surface area contributed by atoms with Crippen LogP contribution < -0.4 is 0 Å². The third kappa shape index (κ3) is 17.0. The normalized spacial score (nSPS) is 14.2. The van der Waals surface area contributed by atoms with E-state index in [4.69, 9.17) is 17.1 Å². The fourth-order valence-electron chi connectivity index (χ4n) is 2.16. The molecule has 0 atom stereocenters. The maximum atomic E-state index is 11.3. The molecule has 0 saturated heterocycles. The van der Waals surface area contributed by atoms with E-state index in [2.05, 4.69) is 52.4 Å². The molecule has 0 heterocycles. The van der Waals surface area contributed by atoms with Crippen LogP contribution >= 0.6 is 0 Å². The minimum absolute atomic E-state index is 0.291. The fraction of sp³-hybridized carbons (Fsp3) is 0.812. The molecule has 0 aliphatic rings. The molecule has 0 aromatic carbocycles. The van der Waals surface area contributed by atoms with Crippen molar-refractivity contribution in [3.8, 4) is 0 Å². The van der Waals surface area contributed by atoms with Crippen LogP contribution in [0.1, 0.15) is 13.3 Å². The predicted octanol–water partition coefficient (Wildman–Crippen LogP) is 2.38. The summed E-state index contributed by atoms with van der Waals surface area (Å²) in [5.41, 5.74) is 2.88. The Labute approximate surface area is 177 Å². The average molecular weight is 483 g/mol. The summed E-state index contributed by atoms with van der Waals surface area (Å²) in [4.78, 5) is 11.3. The molecule has 0 saturated carbocycles. The zero-order valence-electron chi connectivity index (χ0n) is 18.9. The summed E-state index contributed by atoms with van der Waals surface area (Å²) in [6, 6.07) is 1.06. The van der Waals surface area contributed by atoms with E-state index in [0.29, 0.717) is 12.2 Å². The van der Waals surface area contributed by atoms with Gasteiger partial charge in [-0.15, -0.1) is 0 Å². The number of hydrogen-bond acceptors (Lipinski definition) is 5. The van der Waals surface area contributed by atoms with Gasteiger partial charge in [-0.25, -0.2) is 4.79 Å². The molecule has 0 unspecified atom stereocenters. The Morgan fingerprint density at radius 1 is 0.852 bits per heavy atom. The molecule has 0 aliphatic heterocycles. The van der Waals surface area contributed by atoms with Crippen LogP contribution in [0.15, 0.2) is 12.2 Å². The molecule has 0 spiro atoms. The van der Waals surface area contributed by atoms with Gasteiger partial charge in [0.25, 0.3) is 0 Å². The lowest BCUT2D eigenvalue weighted by Crippen LogP contribution is -2.40. The van der Waals surface area contributed by atoms with Crippen LogP contribution in [0.2, 0.25) is 63.2 Å². The molecular weight excluding hydrogens is 441 g/mol. The van der Waals surface area contributed by atoms with Gasteiger partial charge in [0.05, 0.1) is 6.61 Å². The highest BCUT2D eigenvalue weighted by Crippen LogP contribution is 2.15. The Balaban J connectivity index is 3.89. The van der Waals surface area contributed by atoms with Gasteiger partial charge in [-0.3, -0.25) is 0 Å². The minimum atomic E-state index is -1.58. The summed E-state index contributed by atoms with van der Waals surface area (Å²) in [7, 11) is -5.92. The van der Waals surface area contributed by atoms with Gasteiger partial charge in [0, 0.05) is 5.57 Å².